The molecule has 1 heterocycles. The molecular formula is C15H29N3. The highest BCUT2D eigenvalue weighted by Crippen LogP contribution is 2.28. The van der Waals surface area contributed by atoms with Crippen LogP contribution in [0.25, 0.3) is 0 Å². The van der Waals surface area contributed by atoms with Crippen LogP contribution < -0.4 is 5.32 Å². The molecule has 1 unspecified atom stereocenters. The molecule has 3 nitrogen and oxygen atoms in total. The van der Waals surface area contributed by atoms with E-state index in [0.717, 1.165) is 32.4 Å². The van der Waals surface area contributed by atoms with Crippen molar-refractivity contribution < 1.29 is 0 Å². The zero-order chi connectivity index (χ0) is 13.6. The molecule has 1 saturated heterocycles. The van der Waals surface area contributed by atoms with Crippen LogP contribution in [0.3, 0.4) is 0 Å². The second-order valence-corrected chi connectivity index (χ2v) is 6.38. The molecule has 0 aliphatic carbocycles. The molecule has 1 aliphatic heterocycles. The lowest BCUT2D eigenvalue weighted by atomic mass is 9.96. The maximum absolute atomic E-state index is 9.28. The first-order chi connectivity index (χ1) is 8.43. The fourth-order valence-corrected chi connectivity index (χ4v) is 2.79. The minimum Gasteiger partial charge on any atom is -0.300 e. The monoisotopic (exact) mass is 251 g/mol. The van der Waals surface area contributed by atoms with Crippen LogP contribution in [0.2, 0.25) is 0 Å². The van der Waals surface area contributed by atoms with E-state index in [2.05, 4.69) is 37.1 Å². The molecule has 1 N–H and O–H groups in total. The van der Waals surface area contributed by atoms with Gasteiger partial charge in [-0.3, -0.25) is 10.2 Å². The smallest absolute Gasteiger partial charge is 0.103 e. The topological polar surface area (TPSA) is 39.1 Å². The third-order valence-corrected chi connectivity index (χ3v) is 4.19. The van der Waals surface area contributed by atoms with Gasteiger partial charge in [0.2, 0.25) is 0 Å². The molecule has 1 aliphatic rings. The van der Waals surface area contributed by atoms with Gasteiger partial charge in [0.15, 0.2) is 0 Å². The minimum absolute atomic E-state index is 0.347. The van der Waals surface area contributed by atoms with Crippen molar-refractivity contribution in [3.8, 4) is 6.07 Å². The van der Waals surface area contributed by atoms with Crippen molar-refractivity contribution in [2.75, 3.05) is 19.6 Å². The molecule has 0 spiro atoms. The van der Waals surface area contributed by atoms with Gasteiger partial charge in [0.25, 0.3) is 0 Å². The summed E-state index contributed by atoms with van der Waals surface area (Å²) >= 11 is 0. The van der Waals surface area contributed by atoms with Gasteiger partial charge in [-0.1, -0.05) is 6.92 Å². The van der Waals surface area contributed by atoms with Crippen molar-refractivity contribution in [2.24, 2.45) is 0 Å². The van der Waals surface area contributed by atoms with Crippen LogP contribution in [0.4, 0.5) is 0 Å². The molecule has 0 amide bonds. The van der Waals surface area contributed by atoms with Gasteiger partial charge < -0.3 is 0 Å². The summed E-state index contributed by atoms with van der Waals surface area (Å²) in [6.45, 7) is 12.1. The first-order valence-electron chi connectivity index (χ1n) is 7.35. The summed E-state index contributed by atoms with van der Waals surface area (Å²) in [5.41, 5.74) is 0.0137. The largest absolute Gasteiger partial charge is 0.300 e. The summed E-state index contributed by atoms with van der Waals surface area (Å²) < 4.78 is 0. The lowest BCUT2D eigenvalue weighted by Gasteiger charge is -2.32. The Bertz CT molecular complexity index is 293. The van der Waals surface area contributed by atoms with Crippen molar-refractivity contribution in [3.05, 3.63) is 0 Å². The standard InChI is InChI=1S/C15H29N3/c1-5-10-17-15(4,13-16)9-7-12-18-11-6-8-14(18,2)3/h17H,5-12H2,1-4H3. The Morgan fingerprint density at radius 3 is 2.67 bits per heavy atom. The number of likely N-dealkylation sites (tertiary alicyclic amines) is 1. The number of nitriles is 1. The molecule has 0 aromatic rings. The Morgan fingerprint density at radius 2 is 2.17 bits per heavy atom. The molecule has 1 rings (SSSR count). The first-order valence-corrected chi connectivity index (χ1v) is 7.35. The zero-order valence-electron chi connectivity index (χ0n) is 12.6. The van der Waals surface area contributed by atoms with Crippen LogP contribution in [0, 0.1) is 11.3 Å². The van der Waals surface area contributed by atoms with Gasteiger partial charge in [-0.05, 0) is 72.5 Å². The second kappa shape index (κ2) is 6.54. The van der Waals surface area contributed by atoms with Crippen molar-refractivity contribution in [1.82, 2.24) is 10.2 Å². The molecule has 0 bridgehead atoms. The van der Waals surface area contributed by atoms with E-state index >= 15 is 0 Å². The average molecular weight is 251 g/mol. The summed E-state index contributed by atoms with van der Waals surface area (Å²) in [5.74, 6) is 0. The SMILES string of the molecule is CCCNC(C)(C#N)CCCN1CCCC1(C)C. The fourth-order valence-electron chi connectivity index (χ4n) is 2.79. The van der Waals surface area contributed by atoms with E-state index in [9.17, 15) is 5.26 Å². The van der Waals surface area contributed by atoms with E-state index in [0.29, 0.717) is 5.54 Å². The van der Waals surface area contributed by atoms with Gasteiger partial charge in [0.05, 0.1) is 6.07 Å². The highest BCUT2D eigenvalue weighted by Gasteiger charge is 2.31. The summed E-state index contributed by atoms with van der Waals surface area (Å²) in [5, 5.41) is 12.6. The highest BCUT2D eigenvalue weighted by atomic mass is 15.2. The summed E-state index contributed by atoms with van der Waals surface area (Å²) in [6.07, 6.45) is 5.74. The van der Waals surface area contributed by atoms with E-state index in [1.165, 1.54) is 19.4 Å². The molecule has 0 radical (unpaired) electrons. The normalized spacial score (nSPS) is 22.6. The Morgan fingerprint density at radius 1 is 1.44 bits per heavy atom. The van der Waals surface area contributed by atoms with Crippen molar-refractivity contribution in [2.45, 2.75) is 70.9 Å². The van der Waals surface area contributed by atoms with Crippen LogP contribution in [0.1, 0.15) is 59.8 Å². The lowest BCUT2D eigenvalue weighted by Crippen LogP contribution is -2.43. The quantitative estimate of drug-likeness (QED) is 0.756. The minimum atomic E-state index is -0.347. The van der Waals surface area contributed by atoms with E-state index in [4.69, 9.17) is 0 Å². The Hall–Kier alpha value is -0.590. The van der Waals surface area contributed by atoms with Crippen LogP contribution in [0.15, 0.2) is 0 Å². The van der Waals surface area contributed by atoms with Crippen LogP contribution in [-0.2, 0) is 0 Å². The van der Waals surface area contributed by atoms with E-state index in [1.807, 2.05) is 6.92 Å². The van der Waals surface area contributed by atoms with Gasteiger partial charge in [0, 0.05) is 5.54 Å². The van der Waals surface area contributed by atoms with Gasteiger partial charge in [-0.2, -0.15) is 5.26 Å². The van der Waals surface area contributed by atoms with Gasteiger partial charge >= 0.3 is 0 Å². The predicted molar refractivity (Wildman–Crippen MR) is 76.4 cm³/mol. The number of nitrogens with zero attached hydrogens (tertiary/aromatic N) is 2. The second-order valence-electron chi connectivity index (χ2n) is 6.38. The Kier molecular flexibility index (Phi) is 5.62. The van der Waals surface area contributed by atoms with Crippen molar-refractivity contribution in [3.63, 3.8) is 0 Å². The van der Waals surface area contributed by atoms with Crippen molar-refractivity contribution in [1.29, 1.82) is 5.26 Å². The van der Waals surface area contributed by atoms with E-state index < -0.39 is 0 Å². The molecule has 0 saturated carbocycles. The maximum Gasteiger partial charge on any atom is 0.103 e. The molecule has 104 valence electrons. The fraction of sp³-hybridized carbons (Fsp3) is 0.933. The van der Waals surface area contributed by atoms with Crippen LogP contribution in [-0.4, -0.2) is 35.6 Å². The first kappa shape index (κ1) is 15.5. The van der Waals surface area contributed by atoms with Gasteiger partial charge in [-0.25, -0.2) is 0 Å². The molecular weight excluding hydrogens is 222 g/mol. The highest BCUT2D eigenvalue weighted by molar-refractivity contribution is 5.03. The van der Waals surface area contributed by atoms with E-state index in [-0.39, 0.29) is 5.54 Å². The van der Waals surface area contributed by atoms with E-state index in [1.54, 1.807) is 0 Å². The number of nitrogens with one attached hydrogen (secondary N) is 1. The zero-order valence-corrected chi connectivity index (χ0v) is 12.6. The van der Waals surface area contributed by atoms with Crippen LogP contribution >= 0.6 is 0 Å². The molecule has 3 heteroatoms. The van der Waals surface area contributed by atoms with Gasteiger partial charge in [0.1, 0.15) is 5.54 Å². The molecule has 0 aromatic heterocycles. The molecule has 18 heavy (non-hydrogen) atoms. The predicted octanol–water partition coefficient (Wildman–Crippen LogP) is 2.92. The Labute approximate surface area is 113 Å². The molecule has 1 atom stereocenters. The number of rotatable bonds is 7. The lowest BCUT2D eigenvalue weighted by molar-refractivity contribution is 0.168. The van der Waals surface area contributed by atoms with Gasteiger partial charge in [-0.15, -0.1) is 0 Å². The number of hydrogen-bond acceptors (Lipinski definition) is 3. The third-order valence-electron chi connectivity index (χ3n) is 4.19. The summed E-state index contributed by atoms with van der Waals surface area (Å²) in [4.78, 5) is 2.57. The summed E-state index contributed by atoms with van der Waals surface area (Å²) in [6, 6.07) is 2.43. The van der Waals surface area contributed by atoms with Crippen LogP contribution in [0.5, 0.6) is 0 Å². The molecule has 1 fully saturated rings. The average Bonchev–Trinajstić information content (AvgIpc) is 2.66. The third kappa shape index (κ3) is 4.26. The molecule has 0 aromatic carbocycles. The summed E-state index contributed by atoms with van der Waals surface area (Å²) in [7, 11) is 0. The number of hydrogen-bond donors (Lipinski definition) is 1. The Balaban J connectivity index is 2.34. The maximum atomic E-state index is 9.28. The van der Waals surface area contributed by atoms with Crippen molar-refractivity contribution >= 4 is 0 Å².